The predicted octanol–water partition coefficient (Wildman–Crippen LogP) is 0.0216. The van der Waals surface area contributed by atoms with Gasteiger partial charge in [-0.1, -0.05) is 0 Å². The first-order valence-electron chi connectivity index (χ1n) is 7.27. The summed E-state index contributed by atoms with van der Waals surface area (Å²) in [5.41, 5.74) is 0.146. The number of H-pyrrole nitrogens is 1. The number of hydrogen-bond donors (Lipinski definition) is 2. The largest absolute Gasteiger partial charge is 0.466 e. The Hall–Kier alpha value is -2.89. The highest BCUT2D eigenvalue weighted by Crippen LogP contribution is 2.19. The van der Waals surface area contributed by atoms with Gasteiger partial charge in [0.15, 0.2) is 0 Å². The van der Waals surface area contributed by atoms with Crippen LogP contribution in [0.15, 0.2) is 6.20 Å². The maximum absolute atomic E-state index is 12.1. The van der Waals surface area contributed by atoms with Crippen LogP contribution in [-0.2, 0) is 19.1 Å². The number of ether oxygens (including phenoxy) is 1. The maximum atomic E-state index is 12.1. The fraction of sp³-hybridized carbons (Fsp3) is 0.500. The molecule has 9 nitrogen and oxygen atoms in total. The van der Waals surface area contributed by atoms with Crippen molar-refractivity contribution in [2.45, 2.75) is 19.8 Å². The van der Waals surface area contributed by atoms with Gasteiger partial charge in [0.1, 0.15) is 17.5 Å². The van der Waals surface area contributed by atoms with Gasteiger partial charge in [0.2, 0.25) is 0 Å². The van der Waals surface area contributed by atoms with Crippen LogP contribution in [0.3, 0.4) is 0 Å². The molecular formula is C14H17N5O4. The third-order valence-electron chi connectivity index (χ3n) is 3.59. The smallest absolute Gasteiger partial charge is 0.315 e. The van der Waals surface area contributed by atoms with E-state index in [0.29, 0.717) is 32.5 Å². The first kappa shape index (κ1) is 16.5. The van der Waals surface area contributed by atoms with E-state index in [1.165, 1.54) is 11.1 Å². The number of carbonyl (C=O) groups excluding carboxylic acids is 3. The average molecular weight is 319 g/mol. The summed E-state index contributed by atoms with van der Waals surface area (Å²) in [6, 6.07) is 1.84. The Morgan fingerprint density at radius 3 is 2.78 bits per heavy atom. The van der Waals surface area contributed by atoms with Crippen molar-refractivity contribution >= 4 is 23.6 Å². The molecule has 0 bridgehead atoms. The number of esters is 1. The normalized spacial score (nSPS) is 14.9. The van der Waals surface area contributed by atoms with Crippen LogP contribution < -0.4 is 5.32 Å². The number of nitriles is 1. The highest BCUT2D eigenvalue weighted by Gasteiger charge is 2.31. The van der Waals surface area contributed by atoms with Gasteiger partial charge in [0, 0.05) is 13.1 Å². The Bertz CT molecular complexity index is 640. The summed E-state index contributed by atoms with van der Waals surface area (Å²) in [4.78, 5) is 37.1. The summed E-state index contributed by atoms with van der Waals surface area (Å²) in [6.45, 7) is 2.69. The molecule has 1 aromatic rings. The van der Waals surface area contributed by atoms with Crippen molar-refractivity contribution < 1.29 is 19.1 Å². The lowest BCUT2D eigenvalue weighted by atomic mass is 9.97. The Labute approximate surface area is 132 Å². The van der Waals surface area contributed by atoms with Crippen molar-refractivity contribution in [2.75, 3.05) is 25.0 Å². The Kier molecular flexibility index (Phi) is 5.30. The maximum Gasteiger partial charge on any atom is 0.315 e. The fourth-order valence-corrected chi connectivity index (χ4v) is 2.36. The number of piperidine rings is 1. The van der Waals surface area contributed by atoms with E-state index in [4.69, 9.17) is 10.00 Å². The first-order chi connectivity index (χ1) is 11.1. The molecule has 1 aliphatic heterocycles. The highest BCUT2D eigenvalue weighted by atomic mass is 16.5. The molecule has 0 saturated carbocycles. The number of carbonyl (C=O) groups is 3. The molecule has 1 fully saturated rings. The van der Waals surface area contributed by atoms with Crippen LogP contribution in [0, 0.1) is 17.2 Å². The van der Waals surface area contributed by atoms with Crippen LogP contribution >= 0.6 is 0 Å². The number of anilines is 1. The van der Waals surface area contributed by atoms with Gasteiger partial charge in [-0.05, 0) is 19.8 Å². The zero-order valence-corrected chi connectivity index (χ0v) is 12.7. The minimum absolute atomic E-state index is 0.0901. The van der Waals surface area contributed by atoms with Crippen molar-refractivity contribution in [1.29, 1.82) is 5.26 Å². The molecule has 0 atom stereocenters. The van der Waals surface area contributed by atoms with Crippen LogP contribution in [0.4, 0.5) is 5.82 Å². The van der Waals surface area contributed by atoms with Gasteiger partial charge >= 0.3 is 17.8 Å². The standard InChI is InChI=1S/C14H17N5O4/c1-2-23-14(22)9-3-5-19(6-4-9)13(21)12(20)17-11-10(7-15)8-16-18-11/h8-9H,2-6H2,1H3,(H2,16,17,18,20). The lowest BCUT2D eigenvalue weighted by Crippen LogP contribution is -2.45. The summed E-state index contributed by atoms with van der Waals surface area (Å²) in [5.74, 6) is -1.96. The van der Waals surface area contributed by atoms with E-state index in [1.807, 2.05) is 6.07 Å². The highest BCUT2D eigenvalue weighted by molar-refractivity contribution is 6.39. The monoisotopic (exact) mass is 319 g/mol. The van der Waals surface area contributed by atoms with Gasteiger partial charge in [-0.25, -0.2) is 0 Å². The fourth-order valence-electron chi connectivity index (χ4n) is 2.36. The number of hydrogen-bond acceptors (Lipinski definition) is 6. The molecule has 2 heterocycles. The van der Waals surface area contributed by atoms with Gasteiger partial charge in [-0.15, -0.1) is 0 Å². The van der Waals surface area contributed by atoms with E-state index < -0.39 is 11.8 Å². The Morgan fingerprint density at radius 2 is 2.17 bits per heavy atom. The number of rotatable bonds is 3. The molecule has 1 saturated heterocycles. The SMILES string of the molecule is CCOC(=O)C1CCN(C(=O)C(=O)Nc2[nH]ncc2C#N)CC1. The van der Waals surface area contributed by atoms with Crippen LogP contribution in [0.1, 0.15) is 25.3 Å². The van der Waals surface area contributed by atoms with E-state index in [-0.39, 0.29) is 23.3 Å². The number of amides is 2. The molecule has 0 aliphatic carbocycles. The summed E-state index contributed by atoms with van der Waals surface area (Å²) >= 11 is 0. The summed E-state index contributed by atoms with van der Waals surface area (Å²) in [5, 5.41) is 17.2. The molecule has 122 valence electrons. The van der Waals surface area contributed by atoms with Gasteiger partial charge < -0.3 is 15.0 Å². The van der Waals surface area contributed by atoms with E-state index in [2.05, 4.69) is 15.5 Å². The van der Waals surface area contributed by atoms with Crippen LogP contribution in [0.2, 0.25) is 0 Å². The van der Waals surface area contributed by atoms with Gasteiger partial charge in [-0.2, -0.15) is 10.4 Å². The molecule has 0 aromatic carbocycles. The van der Waals surface area contributed by atoms with Crippen molar-refractivity contribution in [3.63, 3.8) is 0 Å². The van der Waals surface area contributed by atoms with Crippen LogP contribution in [-0.4, -0.2) is 52.6 Å². The minimum atomic E-state index is -0.847. The van der Waals surface area contributed by atoms with Crippen molar-refractivity contribution in [3.05, 3.63) is 11.8 Å². The number of nitrogens with one attached hydrogen (secondary N) is 2. The average Bonchev–Trinajstić information content (AvgIpc) is 3.01. The van der Waals surface area contributed by atoms with E-state index in [9.17, 15) is 14.4 Å². The molecule has 9 heteroatoms. The summed E-state index contributed by atoms with van der Waals surface area (Å²) in [6.07, 6.45) is 2.18. The van der Waals surface area contributed by atoms with Crippen molar-refractivity contribution in [2.24, 2.45) is 5.92 Å². The van der Waals surface area contributed by atoms with Crippen LogP contribution in [0.25, 0.3) is 0 Å². The molecule has 0 radical (unpaired) electrons. The third-order valence-corrected chi connectivity index (χ3v) is 3.59. The molecule has 0 unspecified atom stereocenters. The molecule has 0 spiro atoms. The third kappa shape index (κ3) is 3.85. The lowest BCUT2D eigenvalue weighted by molar-refractivity contribution is -0.152. The molecule has 1 aliphatic rings. The number of nitrogens with zero attached hydrogens (tertiary/aromatic N) is 3. The Balaban J connectivity index is 1.88. The van der Waals surface area contributed by atoms with E-state index in [1.54, 1.807) is 6.92 Å². The van der Waals surface area contributed by atoms with Crippen molar-refractivity contribution in [1.82, 2.24) is 15.1 Å². The van der Waals surface area contributed by atoms with Gasteiger partial charge in [0.05, 0.1) is 18.7 Å². The minimum Gasteiger partial charge on any atom is -0.466 e. The quantitative estimate of drug-likeness (QED) is 0.597. The molecule has 1 aromatic heterocycles. The second-order valence-electron chi connectivity index (χ2n) is 5.04. The molecule has 2 N–H and O–H groups in total. The zero-order valence-electron chi connectivity index (χ0n) is 12.7. The van der Waals surface area contributed by atoms with E-state index in [0.717, 1.165) is 0 Å². The summed E-state index contributed by atoms with van der Waals surface area (Å²) < 4.78 is 4.96. The van der Waals surface area contributed by atoms with Crippen molar-refractivity contribution in [3.8, 4) is 6.07 Å². The summed E-state index contributed by atoms with van der Waals surface area (Å²) in [7, 11) is 0. The van der Waals surface area contributed by atoms with E-state index >= 15 is 0 Å². The first-order valence-corrected chi connectivity index (χ1v) is 7.27. The number of likely N-dealkylation sites (tertiary alicyclic amines) is 1. The second-order valence-corrected chi connectivity index (χ2v) is 5.04. The number of aromatic amines is 1. The van der Waals surface area contributed by atoms with Gasteiger partial charge in [-0.3, -0.25) is 19.5 Å². The van der Waals surface area contributed by atoms with Gasteiger partial charge in [0.25, 0.3) is 0 Å². The molecule has 2 amide bonds. The zero-order chi connectivity index (χ0) is 16.8. The predicted molar refractivity (Wildman–Crippen MR) is 77.9 cm³/mol. The van der Waals surface area contributed by atoms with Crippen LogP contribution in [0.5, 0.6) is 0 Å². The number of aromatic nitrogens is 2. The Morgan fingerprint density at radius 1 is 1.48 bits per heavy atom. The topological polar surface area (TPSA) is 128 Å². The molecule has 2 rings (SSSR count). The molecular weight excluding hydrogens is 302 g/mol. The molecule has 23 heavy (non-hydrogen) atoms. The second kappa shape index (κ2) is 7.40. The lowest BCUT2D eigenvalue weighted by Gasteiger charge is -2.30.